The summed E-state index contributed by atoms with van der Waals surface area (Å²) in [7, 11) is 0. The Bertz CT molecular complexity index is 471. The minimum Gasteiger partial charge on any atom is -0.494 e. The van der Waals surface area contributed by atoms with Gasteiger partial charge in [0.1, 0.15) is 0 Å². The van der Waals surface area contributed by atoms with Gasteiger partial charge < -0.3 is 15.4 Å². The second kappa shape index (κ2) is 2.94. The predicted octanol–water partition coefficient (Wildman–Crippen LogP) is 2.51. The Kier molecular flexibility index (Phi) is 1.88. The van der Waals surface area contributed by atoms with Gasteiger partial charge in [-0.05, 0) is 19.9 Å². The maximum Gasteiger partial charge on any atom is 0.201 e. The van der Waals surface area contributed by atoms with Crippen molar-refractivity contribution >= 4 is 16.5 Å². The minimum absolute atomic E-state index is 0.238. The Labute approximate surface area is 82.8 Å². The number of nitrogen functional groups attached to an aromatic ring is 1. The number of anilines is 1. The van der Waals surface area contributed by atoms with Crippen LogP contribution in [0.25, 0.3) is 10.8 Å². The zero-order valence-electron chi connectivity index (χ0n) is 8.36. The zero-order valence-corrected chi connectivity index (χ0v) is 8.36. The number of fused-ring (bicyclic) bond motifs is 1. The molecule has 0 spiro atoms. The quantitative estimate of drug-likeness (QED) is 0.679. The van der Waals surface area contributed by atoms with Crippen LogP contribution in [-0.4, -0.2) is 9.67 Å². The fourth-order valence-electron chi connectivity index (χ4n) is 1.69. The summed E-state index contributed by atoms with van der Waals surface area (Å²) in [6.45, 7) is 4.05. The lowest BCUT2D eigenvalue weighted by Gasteiger charge is -2.07. The zero-order chi connectivity index (χ0) is 10.3. The molecule has 3 heteroatoms. The van der Waals surface area contributed by atoms with Crippen LogP contribution in [0.4, 0.5) is 5.69 Å². The lowest BCUT2D eigenvalue weighted by Crippen LogP contribution is -1.97. The summed E-state index contributed by atoms with van der Waals surface area (Å²) in [6.07, 6.45) is 1.92. The standard InChI is InChI=1S/C11H14N2O/c1-7(2)13-6-8-4-3-5-9(12)10(8)11(13)14/h3-7,14H,12H2,1-2H3. The molecule has 0 aliphatic heterocycles. The van der Waals surface area contributed by atoms with E-state index in [-0.39, 0.29) is 11.9 Å². The molecule has 0 amide bonds. The van der Waals surface area contributed by atoms with Crippen LogP contribution in [0.15, 0.2) is 24.4 Å². The molecule has 0 bridgehead atoms. The molecule has 14 heavy (non-hydrogen) atoms. The molecule has 74 valence electrons. The first-order chi connectivity index (χ1) is 6.61. The van der Waals surface area contributed by atoms with Gasteiger partial charge in [-0.25, -0.2) is 0 Å². The van der Waals surface area contributed by atoms with Gasteiger partial charge in [-0.15, -0.1) is 0 Å². The molecule has 3 nitrogen and oxygen atoms in total. The highest BCUT2D eigenvalue weighted by molar-refractivity contribution is 5.97. The van der Waals surface area contributed by atoms with Crippen LogP contribution < -0.4 is 5.73 Å². The lowest BCUT2D eigenvalue weighted by molar-refractivity contribution is 0.405. The van der Waals surface area contributed by atoms with Gasteiger partial charge in [-0.1, -0.05) is 12.1 Å². The van der Waals surface area contributed by atoms with Crippen molar-refractivity contribution in [1.82, 2.24) is 4.57 Å². The van der Waals surface area contributed by atoms with E-state index >= 15 is 0 Å². The molecule has 0 radical (unpaired) electrons. The van der Waals surface area contributed by atoms with Crippen molar-refractivity contribution in [2.75, 3.05) is 5.73 Å². The monoisotopic (exact) mass is 190 g/mol. The third kappa shape index (κ3) is 1.13. The highest BCUT2D eigenvalue weighted by atomic mass is 16.3. The topological polar surface area (TPSA) is 51.2 Å². The van der Waals surface area contributed by atoms with E-state index in [1.807, 2.05) is 36.7 Å². The number of benzene rings is 1. The molecule has 1 heterocycles. The molecular weight excluding hydrogens is 176 g/mol. The summed E-state index contributed by atoms with van der Waals surface area (Å²) in [5.41, 5.74) is 6.42. The average molecular weight is 190 g/mol. The van der Waals surface area contributed by atoms with Gasteiger partial charge in [-0.2, -0.15) is 0 Å². The Hall–Kier alpha value is -1.64. The third-order valence-electron chi connectivity index (χ3n) is 2.43. The molecule has 1 aromatic heterocycles. The van der Waals surface area contributed by atoms with Crippen molar-refractivity contribution in [2.45, 2.75) is 19.9 Å². The summed E-state index contributed by atoms with van der Waals surface area (Å²) < 4.78 is 1.82. The van der Waals surface area contributed by atoms with Gasteiger partial charge >= 0.3 is 0 Å². The first-order valence-electron chi connectivity index (χ1n) is 4.69. The van der Waals surface area contributed by atoms with E-state index in [1.165, 1.54) is 0 Å². The molecule has 3 N–H and O–H groups in total. The number of nitrogens with zero attached hydrogens (tertiary/aromatic N) is 1. The maximum atomic E-state index is 9.92. The summed E-state index contributed by atoms with van der Waals surface area (Å²) in [6, 6.07) is 5.88. The van der Waals surface area contributed by atoms with E-state index in [2.05, 4.69) is 0 Å². The van der Waals surface area contributed by atoms with Gasteiger partial charge in [0.2, 0.25) is 5.88 Å². The van der Waals surface area contributed by atoms with Gasteiger partial charge in [-0.3, -0.25) is 0 Å². The Morgan fingerprint density at radius 3 is 2.64 bits per heavy atom. The van der Waals surface area contributed by atoms with Crippen LogP contribution >= 0.6 is 0 Å². The highest BCUT2D eigenvalue weighted by Crippen LogP contribution is 2.33. The summed E-state index contributed by atoms with van der Waals surface area (Å²) in [4.78, 5) is 0. The molecule has 0 unspecified atom stereocenters. The normalized spacial score (nSPS) is 11.4. The van der Waals surface area contributed by atoms with E-state index in [9.17, 15) is 5.11 Å². The number of aromatic hydroxyl groups is 1. The molecule has 0 saturated heterocycles. The Balaban J connectivity index is 2.81. The molecule has 1 aromatic carbocycles. The SMILES string of the molecule is CC(C)n1cc2cccc(N)c2c1O. The minimum atomic E-state index is 0.238. The third-order valence-corrected chi connectivity index (χ3v) is 2.43. The van der Waals surface area contributed by atoms with Crippen molar-refractivity contribution < 1.29 is 5.11 Å². The first-order valence-corrected chi connectivity index (χ1v) is 4.69. The fraction of sp³-hybridized carbons (Fsp3) is 0.273. The number of hydrogen-bond donors (Lipinski definition) is 2. The Morgan fingerprint density at radius 1 is 1.36 bits per heavy atom. The molecule has 0 aliphatic rings. The second-order valence-corrected chi connectivity index (χ2v) is 3.77. The van der Waals surface area contributed by atoms with Crippen molar-refractivity contribution in [2.24, 2.45) is 0 Å². The number of hydrogen-bond acceptors (Lipinski definition) is 2. The molecule has 0 saturated carbocycles. The van der Waals surface area contributed by atoms with Gasteiger partial charge in [0.05, 0.1) is 5.39 Å². The van der Waals surface area contributed by atoms with E-state index in [0.29, 0.717) is 5.69 Å². The van der Waals surface area contributed by atoms with Crippen LogP contribution in [-0.2, 0) is 0 Å². The highest BCUT2D eigenvalue weighted by Gasteiger charge is 2.11. The van der Waals surface area contributed by atoms with Gasteiger partial charge in [0.25, 0.3) is 0 Å². The first kappa shape index (κ1) is 8.94. The molecular formula is C11H14N2O. The van der Waals surface area contributed by atoms with E-state index in [1.54, 1.807) is 6.07 Å². The van der Waals surface area contributed by atoms with Crippen molar-refractivity contribution in [3.8, 4) is 5.88 Å². The number of nitrogens with two attached hydrogens (primary N) is 1. The van der Waals surface area contributed by atoms with E-state index in [0.717, 1.165) is 10.8 Å². The molecule has 2 rings (SSSR count). The largest absolute Gasteiger partial charge is 0.494 e. The summed E-state index contributed by atoms with van der Waals surface area (Å²) in [5.74, 6) is 0.258. The van der Waals surface area contributed by atoms with E-state index in [4.69, 9.17) is 5.73 Å². The smallest absolute Gasteiger partial charge is 0.201 e. The number of aromatic nitrogens is 1. The average Bonchev–Trinajstić information content (AvgIpc) is 2.45. The van der Waals surface area contributed by atoms with Crippen LogP contribution in [0.2, 0.25) is 0 Å². The van der Waals surface area contributed by atoms with E-state index < -0.39 is 0 Å². The number of rotatable bonds is 1. The van der Waals surface area contributed by atoms with Crippen LogP contribution in [0, 0.1) is 0 Å². The summed E-state index contributed by atoms with van der Waals surface area (Å²) >= 11 is 0. The molecule has 0 aliphatic carbocycles. The second-order valence-electron chi connectivity index (χ2n) is 3.77. The van der Waals surface area contributed by atoms with Crippen LogP contribution in [0.1, 0.15) is 19.9 Å². The molecule has 0 fully saturated rings. The van der Waals surface area contributed by atoms with Crippen molar-refractivity contribution in [3.63, 3.8) is 0 Å². The lowest BCUT2D eigenvalue weighted by atomic mass is 10.2. The van der Waals surface area contributed by atoms with Gasteiger partial charge in [0, 0.05) is 23.3 Å². The molecule has 2 aromatic rings. The fourth-order valence-corrected chi connectivity index (χ4v) is 1.69. The van der Waals surface area contributed by atoms with Crippen molar-refractivity contribution in [3.05, 3.63) is 24.4 Å². The summed E-state index contributed by atoms with van der Waals surface area (Å²) in [5, 5.41) is 11.7. The maximum absolute atomic E-state index is 9.92. The van der Waals surface area contributed by atoms with Gasteiger partial charge in [0.15, 0.2) is 0 Å². The van der Waals surface area contributed by atoms with Crippen molar-refractivity contribution in [1.29, 1.82) is 0 Å². The Morgan fingerprint density at radius 2 is 2.07 bits per heavy atom. The van der Waals surface area contributed by atoms with Crippen LogP contribution in [0.5, 0.6) is 5.88 Å². The molecule has 0 atom stereocenters. The predicted molar refractivity (Wildman–Crippen MR) is 58.4 cm³/mol. The van der Waals surface area contributed by atoms with Crippen LogP contribution in [0.3, 0.4) is 0 Å².